The van der Waals surface area contributed by atoms with E-state index >= 15 is 0 Å². The Morgan fingerprint density at radius 1 is 1.33 bits per heavy atom. The quantitative estimate of drug-likeness (QED) is 0.731. The summed E-state index contributed by atoms with van der Waals surface area (Å²) in [4.78, 5) is 0. The van der Waals surface area contributed by atoms with Gasteiger partial charge in [0.05, 0.1) is 7.11 Å². The van der Waals surface area contributed by atoms with Crippen molar-refractivity contribution in [1.29, 1.82) is 0 Å². The average Bonchev–Trinajstić information content (AvgIpc) is 2.29. The maximum atomic E-state index is 5.96. The molecule has 1 aromatic carbocycles. The summed E-state index contributed by atoms with van der Waals surface area (Å²) in [7, 11) is 1.70. The van der Waals surface area contributed by atoms with Crippen LogP contribution in [0.1, 0.15) is 18.4 Å². The first kappa shape index (κ1) is 10.3. The molecule has 0 bridgehead atoms. The van der Waals surface area contributed by atoms with Crippen LogP contribution in [0.4, 0.5) is 0 Å². The zero-order chi connectivity index (χ0) is 10.7. The van der Waals surface area contributed by atoms with Crippen LogP contribution in [0.15, 0.2) is 42.2 Å². The minimum atomic E-state index is 0.780. The first-order valence-electron chi connectivity index (χ1n) is 5.00. The van der Waals surface area contributed by atoms with Gasteiger partial charge in [-0.15, -0.1) is 0 Å². The second-order valence-corrected chi connectivity index (χ2v) is 3.97. The number of benzene rings is 1. The van der Waals surface area contributed by atoms with Gasteiger partial charge in [-0.3, -0.25) is 0 Å². The average molecular weight is 221 g/mol. The van der Waals surface area contributed by atoms with Gasteiger partial charge >= 0.3 is 0 Å². The molecule has 0 saturated heterocycles. The van der Waals surface area contributed by atoms with Crippen molar-refractivity contribution in [2.45, 2.75) is 12.8 Å². The van der Waals surface area contributed by atoms with Gasteiger partial charge < -0.3 is 4.74 Å². The van der Waals surface area contributed by atoms with Crippen molar-refractivity contribution in [2.75, 3.05) is 7.11 Å². The lowest BCUT2D eigenvalue weighted by Crippen LogP contribution is -1.94. The van der Waals surface area contributed by atoms with Gasteiger partial charge in [0.25, 0.3) is 0 Å². The van der Waals surface area contributed by atoms with Crippen LogP contribution in [0.5, 0.6) is 0 Å². The molecule has 1 nitrogen and oxygen atoms in total. The summed E-state index contributed by atoms with van der Waals surface area (Å²) < 4.78 is 5.22. The highest BCUT2D eigenvalue weighted by Gasteiger charge is 2.07. The number of methoxy groups -OCH3 is 1. The van der Waals surface area contributed by atoms with Gasteiger partial charge in [0.2, 0.25) is 0 Å². The van der Waals surface area contributed by atoms with Gasteiger partial charge in [0.15, 0.2) is 0 Å². The smallest absolute Gasteiger partial charge is 0.115 e. The van der Waals surface area contributed by atoms with Crippen LogP contribution < -0.4 is 0 Å². The Morgan fingerprint density at radius 2 is 2.20 bits per heavy atom. The summed E-state index contributed by atoms with van der Waals surface area (Å²) >= 11 is 5.96. The Labute approximate surface area is 95.0 Å². The fourth-order valence-corrected chi connectivity index (χ4v) is 1.92. The minimum absolute atomic E-state index is 0.780. The number of ether oxygens (including phenoxy) is 1. The van der Waals surface area contributed by atoms with Crippen LogP contribution in [0, 0.1) is 0 Å². The Hall–Kier alpha value is -1.21. The van der Waals surface area contributed by atoms with E-state index in [2.05, 4.69) is 18.2 Å². The summed E-state index contributed by atoms with van der Waals surface area (Å²) in [5, 5.41) is 0.780. The molecule has 0 aliphatic heterocycles. The monoisotopic (exact) mass is 220 g/mol. The minimum Gasteiger partial charge on any atom is -0.497 e. The molecule has 0 heterocycles. The molecule has 0 atom stereocenters. The van der Waals surface area contributed by atoms with Crippen molar-refractivity contribution >= 4 is 17.2 Å². The lowest BCUT2D eigenvalue weighted by molar-refractivity contribution is 0.304. The van der Waals surface area contributed by atoms with Gasteiger partial charge in [-0.05, 0) is 48.3 Å². The molecule has 0 fully saturated rings. The molecule has 78 valence electrons. The van der Waals surface area contributed by atoms with E-state index in [-0.39, 0.29) is 0 Å². The van der Waals surface area contributed by atoms with E-state index in [4.69, 9.17) is 16.3 Å². The van der Waals surface area contributed by atoms with Gasteiger partial charge in [0, 0.05) is 5.02 Å². The van der Waals surface area contributed by atoms with Crippen LogP contribution in [-0.4, -0.2) is 7.11 Å². The molecule has 0 amide bonds. The second kappa shape index (κ2) is 4.54. The Bertz CT molecular complexity index is 418. The van der Waals surface area contributed by atoms with Crippen molar-refractivity contribution in [2.24, 2.45) is 0 Å². The predicted molar refractivity (Wildman–Crippen MR) is 63.8 cm³/mol. The maximum Gasteiger partial charge on any atom is 0.115 e. The largest absolute Gasteiger partial charge is 0.497 e. The van der Waals surface area contributed by atoms with E-state index < -0.39 is 0 Å². The molecule has 0 aromatic heterocycles. The van der Waals surface area contributed by atoms with Crippen LogP contribution in [0.2, 0.25) is 5.02 Å². The zero-order valence-electron chi connectivity index (χ0n) is 8.66. The first-order valence-corrected chi connectivity index (χ1v) is 5.38. The van der Waals surface area contributed by atoms with Crippen LogP contribution in [0.3, 0.4) is 0 Å². The number of rotatable bonds is 2. The molecule has 0 N–H and O–H groups in total. The Morgan fingerprint density at radius 3 is 2.93 bits per heavy atom. The van der Waals surface area contributed by atoms with Crippen molar-refractivity contribution < 1.29 is 4.74 Å². The van der Waals surface area contributed by atoms with Crippen LogP contribution in [0.25, 0.3) is 5.57 Å². The van der Waals surface area contributed by atoms with Crippen LogP contribution in [-0.2, 0) is 4.74 Å². The van der Waals surface area contributed by atoms with Crippen molar-refractivity contribution in [3.05, 3.63) is 52.8 Å². The molecule has 1 aliphatic rings. The molecule has 2 rings (SSSR count). The third-order valence-corrected chi connectivity index (χ3v) is 2.74. The molecule has 0 unspecified atom stereocenters. The third kappa shape index (κ3) is 2.42. The van der Waals surface area contributed by atoms with Gasteiger partial charge in [-0.2, -0.15) is 0 Å². The highest BCUT2D eigenvalue weighted by Crippen LogP contribution is 2.27. The van der Waals surface area contributed by atoms with E-state index in [1.165, 1.54) is 11.1 Å². The predicted octanol–water partition coefficient (Wildman–Crippen LogP) is 4.05. The molecule has 0 spiro atoms. The second-order valence-electron chi connectivity index (χ2n) is 3.53. The molecule has 2 heteroatoms. The van der Waals surface area contributed by atoms with E-state index in [9.17, 15) is 0 Å². The fraction of sp³-hybridized carbons (Fsp3) is 0.231. The highest BCUT2D eigenvalue weighted by molar-refractivity contribution is 6.30. The van der Waals surface area contributed by atoms with Crippen molar-refractivity contribution in [1.82, 2.24) is 0 Å². The highest BCUT2D eigenvalue weighted by atomic mass is 35.5. The SMILES string of the molecule is COC1=CCCC(c2cccc(Cl)c2)=C1. The number of hydrogen-bond donors (Lipinski definition) is 0. The summed E-state index contributed by atoms with van der Waals surface area (Å²) in [6.07, 6.45) is 6.26. The standard InChI is InChI=1S/C13H13ClO/c1-15-13-7-3-5-11(9-13)10-4-2-6-12(14)8-10/h2,4,6-9H,3,5H2,1H3. The third-order valence-electron chi connectivity index (χ3n) is 2.51. The summed E-state index contributed by atoms with van der Waals surface area (Å²) in [5.41, 5.74) is 2.47. The summed E-state index contributed by atoms with van der Waals surface area (Å²) in [6, 6.07) is 7.94. The number of hydrogen-bond acceptors (Lipinski definition) is 1. The normalized spacial score (nSPS) is 15.6. The topological polar surface area (TPSA) is 9.23 Å². The van der Waals surface area contributed by atoms with Crippen LogP contribution >= 0.6 is 11.6 Å². The number of halogens is 1. The molecule has 0 saturated carbocycles. The molecular formula is C13H13ClO. The fourth-order valence-electron chi connectivity index (χ4n) is 1.73. The zero-order valence-corrected chi connectivity index (χ0v) is 9.42. The van der Waals surface area contributed by atoms with E-state index in [1.54, 1.807) is 7.11 Å². The van der Waals surface area contributed by atoms with E-state index in [0.29, 0.717) is 0 Å². The summed E-state index contributed by atoms with van der Waals surface area (Å²) in [5.74, 6) is 0.941. The Kier molecular flexibility index (Phi) is 3.12. The van der Waals surface area contributed by atoms with Crippen molar-refractivity contribution in [3.8, 4) is 0 Å². The lowest BCUT2D eigenvalue weighted by atomic mass is 9.97. The maximum absolute atomic E-state index is 5.96. The Balaban J connectivity index is 2.31. The van der Waals surface area contributed by atoms with Gasteiger partial charge in [-0.1, -0.05) is 23.7 Å². The van der Waals surface area contributed by atoms with Gasteiger partial charge in [0.1, 0.15) is 5.76 Å². The summed E-state index contributed by atoms with van der Waals surface area (Å²) in [6.45, 7) is 0. The molecular weight excluding hydrogens is 208 g/mol. The van der Waals surface area contributed by atoms with Crippen molar-refractivity contribution in [3.63, 3.8) is 0 Å². The lowest BCUT2D eigenvalue weighted by Gasteiger charge is -2.13. The molecule has 15 heavy (non-hydrogen) atoms. The van der Waals surface area contributed by atoms with E-state index in [1.807, 2.05) is 18.2 Å². The van der Waals surface area contributed by atoms with Gasteiger partial charge in [-0.25, -0.2) is 0 Å². The molecule has 0 radical (unpaired) electrons. The first-order chi connectivity index (χ1) is 7.29. The molecule has 1 aromatic rings. The number of allylic oxidation sites excluding steroid dienone is 3. The van der Waals surface area contributed by atoms with E-state index in [0.717, 1.165) is 23.6 Å². The molecule has 1 aliphatic carbocycles.